The molecule has 0 radical (unpaired) electrons. The Morgan fingerprint density at radius 1 is 1.12 bits per heavy atom. The van der Waals surface area contributed by atoms with Crippen molar-refractivity contribution in [2.75, 3.05) is 36.8 Å². The molecule has 7 heteroatoms. The number of hydrogen-bond donors (Lipinski definition) is 2. The standard InChI is InChI=1S/C16H19N5O2.C2H6/c1-11(22)20-6-8-21(9-7-20)14-10-13(18-19-16(14)17)12-4-2-3-5-15(12)23;1-2/h2-5,10,23H,6-9H2,1H3,(H2,17,19);1-2H3. The average molecular weight is 343 g/mol. The van der Waals surface area contributed by atoms with E-state index < -0.39 is 0 Å². The van der Waals surface area contributed by atoms with E-state index in [1.165, 1.54) is 0 Å². The van der Waals surface area contributed by atoms with Gasteiger partial charge in [-0.15, -0.1) is 10.2 Å². The fourth-order valence-corrected chi connectivity index (χ4v) is 2.73. The molecule has 3 rings (SSSR count). The molecule has 1 aromatic carbocycles. The molecule has 7 nitrogen and oxygen atoms in total. The van der Waals surface area contributed by atoms with Crippen LogP contribution in [0.5, 0.6) is 5.75 Å². The normalized spacial score (nSPS) is 13.9. The zero-order valence-electron chi connectivity index (χ0n) is 14.9. The van der Waals surface area contributed by atoms with E-state index in [4.69, 9.17) is 5.73 Å². The summed E-state index contributed by atoms with van der Waals surface area (Å²) >= 11 is 0. The third-order valence-electron chi connectivity index (χ3n) is 4.05. The number of para-hydroxylation sites is 1. The van der Waals surface area contributed by atoms with Crippen molar-refractivity contribution in [3.8, 4) is 17.0 Å². The number of nitrogens with zero attached hydrogens (tertiary/aromatic N) is 4. The summed E-state index contributed by atoms with van der Waals surface area (Å²) in [6.45, 7) is 8.27. The molecule has 2 aromatic rings. The highest BCUT2D eigenvalue weighted by Crippen LogP contribution is 2.31. The third-order valence-corrected chi connectivity index (χ3v) is 4.05. The average Bonchev–Trinajstić information content (AvgIpc) is 2.64. The highest BCUT2D eigenvalue weighted by Gasteiger charge is 2.21. The number of nitrogens with two attached hydrogens (primary N) is 1. The molecule has 25 heavy (non-hydrogen) atoms. The molecule has 0 unspecified atom stereocenters. The van der Waals surface area contributed by atoms with Crippen LogP contribution >= 0.6 is 0 Å². The Balaban J connectivity index is 0.00000109. The fraction of sp³-hybridized carbons (Fsp3) is 0.389. The van der Waals surface area contributed by atoms with Gasteiger partial charge in [-0.25, -0.2) is 0 Å². The lowest BCUT2D eigenvalue weighted by Crippen LogP contribution is -2.48. The Hall–Kier alpha value is -2.83. The summed E-state index contributed by atoms with van der Waals surface area (Å²) < 4.78 is 0. The molecule has 1 aliphatic heterocycles. The quantitative estimate of drug-likeness (QED) is 0.867. The van der Waals surface area contributed by atoms with Crippen LogP contribution in [0.2, 0.25) is 0 Å². The number of hydrogen-bond acceptors (Lipinski definition) is 6. The van der Waals surface area contributed by atoms with E-state index in [0.717, 1.165) is 5.69 Å². The van der Waals surface area contributed by atoms with E-state index in [1.807, 2.05) is 30.9 Å². The van der Waals surface area contributed by atoms with E-state index in [2.05, 4.69) is 15.1 Å². The maximum absolute atomic E-state index is 11.4. The first kappa shape index (κ1) is 18.5. The van der Waals surface area contributed by atoms with Crippen LogP contribution in [-0.4, -0.2) is 52.3 Å². The van der Waals surface area contributed by atoms with E-state index in [1.54, 1.807) is 25.1 Å². The third kappa shape index (κ3) is 4.17. The Bertz CT molecular complexity index is 727. The topological polar surface area (TPSA) is 95.6 Å². The zero-order valence-corrected chi connectivity index (χ0v) is 14.9. The van der Waals surface area contributed by atoms with Gasteiger partial charge in [0, 0.05) is 38.7 Å². The lowest BCUT2D eigenvalue weighted by molar-refractivity contribution is -0.129. The fourth-order valence-electron chi connectivity index (χ4n) is 2.73. The summed E-state index contributed by atoms with van der Waals surface area (Å²) in [5, 5.41) is 18.1. The van der Waals surface area contributed by atoms with Crippen molar-refractivity contribution >= 4 is 17.4 Å². The van der Waals surface area contributed by atoms with Crippen LogP contribution in [0.4, 0.5) is 11.5 Å². The highest BCUT2D eigenvalue weighted by molar-refractivity contribution is 5.75. The van der Waals surface area contributed by atoms with E-state index in [9.17, 15) is 9.90 Å². The lowest BCUT2D eigenvalue weighted by Gasteiger charge is -2.35. The van der Waals surface area contributed by atoms with Crippen molar-refractivity contribution in [1.82, 2.24) is 15.1 Å². The summed E-state index contributed by atoms with van der Waals surface area (Å²) in [7, 11) is 0. The van der Waals surface area contributed by atoms with E-state index in [0.29, 0.717) is 43.3 Å². The van der Waals surface area contributed by atoms with Gasteiger partial charge in [0.15, 0.2) is 5.82 Å². The molecule has 0 bridgehead atoms. The first-order valence-electron chi connectivity index (χ1n) is 8.48. The minimum atomic E-state index is 0.0837. The maximum atomic E-state index is 11.4. The molecule has 0 aliphatic carbocycles. The van der Waals surface area contributed by atoms with Gasteiger partial charge in [0.05, 0.1) is 11.4 Å². The number of piperazine rings is 1. The van der Waals surface area contributed by atoms with Crippen molar-refractivity contribution < 1.29 is 9.90 Å². The predicted molar refractivity (Wildman–Crippen MR) is 99.4 cm³/mol. The van der Waals surface area contributed by atoms with Gasteiger partial charge in [-0.2, -0.15) is 0 Å². The number of phenolic OH excluding ortho intramolecular Hbond substituents is 1. The largest absolute Gasteiger partial charge is 0.507 e. The van der Waals surface area contributed by atoms with Crippen LogP contribution in [0.15, 0.2) is 30.3 Å². The molecule has 0 saturated carbocycles. The number of carbonyl (C=O) groups is 1. The number of nitrogen functional groups attached to an aromatic ring is 1. The molecule has 134 valence electrons. The van der Waals surface area contributed by atoms with Gasteiger partial charge in [0.25, 0.3) is 0 Å². The number of benzene rings is 1. The second-order valence-electron chi connectivity index (χ2n) is 5.51. The number of aromatic nitrogens is 2. The minimum absolute atomic E-state index is 0.0837. The molecule has 1 aliphatic rings. The van der Waals surface area contributed by atoms with Gasteiger partial charge in [-0.05, 0) is 18.2 Å². The first-order valence-corrected chi connectivity index (χ1v) is 8.48. The number of rotatable bonds is 2. The van der Waals surface area contributed by atoms with Crippen molar-refractivity contribution in [2.45, 2.75) is 20.8 Å². The summed E-state index contributed by atoms with van der Waals surface area (Å²) in [4.78, 5) is 15.3. The van der Waals surface area contributed by atoms with E-state index in [-0.39, 0.29) is 11.7 Å². The van der Waals surface area contributed by atoms with Crippen LogP contribution in [0.25, 0.3) is 11.3 Å². The molecule has 3 N–H and O–H groups in total. The van der Waals surface area contributed by atoms with Crippen molar-refractivity contribution in [3.63, 3.8) is 0 Å². The number of amides is 1. The molecule has 0 atom stereocenters. The number of carbonyl (C=O) groups excluding carboxylic acids is 1. The van der Waals surface area contributed by atoms with Gasteiger partial charge in [0.2, 0.25) is 5.91 Å². The SMILES string of the molecule is CC.CC(=O)N1CCN(c2cc(-c3ccccc3O)nnc2N)CC1. The van der Waals surface area contributed by atoms with Crippen LogP contribution in [0.1, 0.15) is 20.8 Å². The molecule has 2 heterocycles. The van der Waals surface area contributed by atoms with Crippen LogP contribution in [0, 0.1) is 0 Å². The summed E-state index contributed by atoms with van der Waals surface area (Å²) in [5.74, 6) is 0.583. The Morgan fingerprint density at radius 2 is 1.76 bits per heavy atom. The zero-order chi connectivity index (χ0) is 18.4. The molecule has 1 saturated heterocycles. The molecule has 0 spiro atoms. The highest BCUT2D eigenvalue weighted by atomic mass is 16.3. The Labute approximate surface area is 148 Å². The molecule has 1 aromatic heterocycles. The predicted octanol–water partition coefficient (Wildman–Crippen LogP) is 2.13. The van der Waals surface area contributed by atoms with Crippen LogP contribution in [-0.2, 0) is 4.79 Å². The van der Waals surface area contributed by atoms with Gasteiger partial charge in [-0.3, -0.25) is 4.79 Å². The Morgan fingerprint density at radius 3 is 2.36 bits per heavy atom. The molecular weight excluding hydrogens is 318 g/mol. The Kier molecular flexibility index (Phi) is 6.16. The smallest absolute Gasteiger partial charge is 0.219 e. The molecular formula is C18H25N5O2. The number of aromatic hydroxyl groups is 1. The maximum Gasteiger partial charge on any atom is 0.219 e. The first-order chi connectivity index (χ1) is 12.1. The molecule has 1 amide bonds. The number of phenols is 1. The second kappa shape index (κ2) is 8.32. The van der Waals surface area contributed by atoms with Crippen LogP contribution in [0.3, 0.4) is 0 Å². The minimum Gasteiger partial charge on any atom is -0.507 e. The summed E-state index contributed by atoms with van der Waals surface area (Å²) in [6, 6.07) is 8.82. The number of anilines is 2. The van der Waals surface area contributed by atoms with E-state index >= 15 is 0 Å². The monoisotopic (exact) mass is 343 g/mol. The summed E-state index contributed by atoms with van der Waals surface area (Å²) in [5.41, 5.74) is 7.94. The van der Waals surface area contributed by atoms with Gasteiger partial charge in [0.1, 0.15) is 5.75 Å². The van der Waals surface area contributed by atoms with Gasteiger partial charge in [-0.1, -0.05) is 26.0 Å². The van der Waals surface area contributed by atoms with Crippen molar-refractivity contribution in [3.05, 3.63) is 30.3 Å². The van der Waals surface area contributed by atoms with Gasteiger partial charge < -0.3 is 20.6 Å². The van der Waals surface area contributed by atoms with Crippen molar-refractivity contribution in [2.24, 2.45) is 0 Å². The second-order valence-corrected chi connectivity index (χ2v) is 5.51. The van der Waals surface area contributed by atoms with Crippen LogP contribution < -0.4 is 10.6 Å². The summed E-state index contributed by atoms with van der Waals surface area (Å²) in [6.07, 6.45) is 0. The van der Waals surface area contributed by atoms with Gasteiger partial charge >= 0.3 is 0 Å². The lowest BCUT2D eigenvalue weighted by atomic mass is 10.1. The van der Waals surface area contributed by atoms with Crippen molar-refractivity contribution in [1.29, 1.82) is 0 Å². The molecule has 1 fully saturated rings.